The molecule has 5 heteroatoms. The van der Waals surface area contributed by atoms with E-state index in [1.165, 1.54) is 4.90 Å². The van der Waals surface area contributed by atoms with Crippen LogP contribution in [-0.2, 0) is 9.59 Å². The number of nitrogens with zero attached hydrogens (tertiary/aromatic N) is 1. The van der Waals surface area contributed by atoms with Gasteiger partial charge in [-0.05, 0) is 49.5 Å². The topological polar surface area (TPSA) is 57.6 Å². The number of carboxylic acid groups (broad SMARTS) is 1. The summed E-state index contributed by atoms with van der Waals surface area (Å²) in [5.41, 5.74) is 1.15. The van der Waals surface area contributed by atoms with Crippen LogP contribution in [0, 0.1) is 0 Å². The normalized spacial score (nSPS) is 24.1. The van der Waals surface area contributed by atoms with E-state index in [4.69, 9.17) is 5.11 Å². The van der Waals surface area contributed by atoms with E-state index < -0.39 is 5.97 Å². The summed E-state index contributed by atoms with van der Waals surface area (Å²) in [6.07, 6.45) is 4.64. The van der Waals surface area contributed by atoms with Crippen LogP contribution >= 0.6 is 11.8 Å². The van der Waals surface area contributed by atoms with Crippen molar-refractivity contribution in [3.63, 3.8) is 0 Å². The van der Waals surface area contributed by atoms with E-state index in [0.29, 0.717) is 6.42 Å². The van der Waals surface area contributed by atoms with Gasteiger partial charge in [0.1, 0.15) is 0 Å². The third kappa shape index (κ3) is 3.71. The fraction of sp³-hybridized carbons (Fsp3) is 0.556. The molecule has 124 valence electrons. The van der Waals surface area contributed by atoms with Crippen LogP contribution in [0.25, 0.3) is 0 Å². The summed E-state index contributed by atoms with van der Waals surface area (Å²) in [6, 6.07) is 8.28. The van der Waals surface area contributed by atoms with Crippen molar-refractivity contribution in [1.82, 2.24) is 4.90 Å². The van der Waals surface area contributed by atoms with Crippen molar-refractivity contribution in [2.75, 3.05) is 12.3 Å². The Labute approximate surface area is 141 Å². The van der Waals surface area contributed by atoms with E-state index in [2.05, 4.69) is 12.1 Å². The third-order valence-corrected chi connectivity index (χ3v) is 5.98. The van der Waals surface area contributed by atoms with Gasteiger partial charge in [0.15, 0.2) is 0 Å². The van der Waals surface area contributed by atoms with Crippen LogP contribution in [0.5, 0.6) is 0 Å². The maximum atomic E-state index is 13.1. The molecule has 1 aromatic carbocycles. The Bertz CT molecular complexity index is 589. The van der Waals surface area contributed by atoms with Crippen molar-refractivity contribution in [3.05, 3.63) is 29.8 Å². The summed E-state index contributed by atoms with van der Waals surface area (Å²) in [5, 5.41) is 8.94. The highest BCUT2D eigenvalue weighted by molar-refractivity contribution is 7.99. The molecule has 4 nitrogen and oxygen atoms in total. The van der Waals surface area contributed by atoms with Crippen molar-refractivity contribution in [2.45, 2.75) is 55.4 Å². The highest BCUT2D eigenvalue weighted by Gasteiger charge is 2.34. The first kappa shape index (κ1) is 16.4. The van der Waals surface area contributed by atoms with Crippen LogP contribution < -0.4 is 0 Å². The fourth-order valence-corrected chi connectivity index (χ4v) is 4.80. The zero-order chi connectivity index (χ0) is 16.2. The number of carbonyl (C=O) groups excluding carboxylic acids is 1. The van der Waals surface area contributed by atoms with Crippen molar-refractivity contribution in [1.29, 1.82) is 0 Å². The molecule has 3 rings (SSSR count). The van der Waals surface area contributed by atoms with E-state index in [1.807, 2.05) is 28.8 Å². The van der Waals surface area contributed by atoms with Crippen LogP contribution in [0.3, 0.4) is 0 Å². The number of hydrogen-bond acceptors (Lipinski definition) is 3. The summed E-state index contributed by atoms with van der Waals surface area (Å²) in [4.78, 5) is 27.2. The fourth-order valence-electron chi connectivity index (χ4n) is 3.68. The van der Waals surface area contributed by atoms with Gasteiger partial charge in [0, 0.05) is 23.9 Å². The van der Waals surface area contributed by atoms with Gasteiger partial charge in [-0.1, -0.05) is 18.2 Å². The highest BCUT2D eigenvalue weighted by Crippen LogP contribution is 2.39. The van der Waals surface area contributed by atoms with Crippen molar-refractivity contribution in [2.24, 2.45) is 0 Å². The smallest absolute Gasteiger partial charge is 0.303 e. The first-order valence-corrected chi connectivity index (χ1v) is 9.39. The Kier molecular flexibility index (Phi) is 5.26. The molecule has 0 radical (unpaired) electrons. The summed E-state index contributed by atoms with van der Waals surface area (Å²) < 4.78 is 0. The number of fused-ring (bicyclic) bond motifs is 1. The molecule has 2 unspecified atom stereocenters. The SMILES string of the molecule is O=C(O)CCC1CCCCN1C(=O)C1CCSc2ccccc21. The molecule has 0 aromatic heterocycles. The summed E-state index contributed by atoms with van der Waals surface area (Å²) in [6.45, 7) is 0.773. The molecule has 0 bridgehead atoms. The second-order valence-corrected chi connectivity index (χ2v) is 7.48. The van der Waals surface area contributed by atoms with Crippen LogP contribution in [0.4, 0.5) is 0 Å². The van der Waals surface area contributed by atoms with Gasteiger partial charge >= 0.3 is 5.97 Å². The Hall–Kier alpha value is -1.49. The second-order valence-electron chi connectivity index (χ2n) is 6.34. The van der Waals surface area contributed by atoms with Gasteiger partial charge in [-0.25, -0.2) is 0 Å². The zero-order valence-electron chi connectivity index (χ0n) is 13.2. The molecule has 23 heavy (non-hydrogen) atoms. The lowest BCUT2D eigenvalue weighted by Gasteiger charge is -2.39. The predicted molar refractivity (Wildman–Crippen MR) is 90.7 cm³/mol. The average molecular weight is 333 g/mol. The monoisotopic (exact) mass is 333 g/mol. The van der Waals surface area contributed by atoms with Crippen molar-refractivity contribution < 1.29 is 14.7 Å². The number of carbonyl (C=O) groups is 2. The molecule has 2 aliphatic rings. The molecule has 2 heterocycles. The standard InChI is InChI=1S/C18H23NO3S/c20-17(21)9-8-13-5-3-4-11-19(13)18(22)15-10-12-23-16-7-2-1-6-14(15)16/h1-2,6-7,13,15H,3-5,8-12H2,(H,20,21). The quantitative estimate of drug-likeness (QED) is 0.916. The van der Waals surface area contributed by atoms with Gasteiger partial charge in [-0.2, -0.15) is 0 Å². The lowest BCUT2D eigenvalue weighted by molar-refractivity contribution is -0.140. The van der Waals surface area contributed by atoms with Gasteiger partial charge < -0.3 is 10.0 Å². The predicted octanol–water partition coefficient (Wildman–Crippen LogP) is 3.51. The molecular weight excluding hydrogens is 310 g/mol. The van der Waals surface area contributed by atoms with Gasteiger partial charge in [-0.15, -0.1) is 11.8 Å². The summed E-state index contributed by atoms with van der Waals surface area (Å²) >= 11 is 1.82. The van der Waals surface area contributed by atoms with Gasteiger partial charge in [0.2, 0.25) is 5.91 Å². The number of aliphatic carboxylic acids is 1. The molecule has 0 saturated carbocycles. The molecule has 2 aliphatic heterocycles. The molecule has 0 aliphatic carbocycles. The number of rotatable bonds is 4. The minimum absolute atomic E-state index is 0.0575. The number of carboxylic acids is 1. The van der Waals surface area contributed by atoms with E-state index in [-0.39, 0.29) is 24.3 Å². The van der Waals surface area contributed by atoms with Crippen LogP contribution in [0.2, 0.25) is 0 Å². The van der Waals surface area contributed by atoms with E-state index in [9.17, 15) is 9.59 Å². The largest absolute Gasteiger partial charge is 0.481 e. The number of benzene rings is 1. The van der Waals surface area contributed by atoms with Gasteiger partial charge in [0.25, 0.3) is 0 Å². The van der Waals surface area contributed by atoms with Gasteiger partial charge in [0.05, 0.1) is 5.92 Å². The average Bonchev–Trinajstić information content (AvgIpc) is 2.59. The molecule has 1 N–H and O–H groups in total. The molecule has 1 aromatic rings. The van der Waals surface area contributed by atoms with Crippen LogP contribution in [0.15, 0.2) is 29.2 Å². The Balaban J connectivity index is 1.77. The second kappa shape index (κ2) is 7.39. The molecule has 2 atom stereocenters. The van der Waals surface area contributed by atoms with Crippen molar-refractivity contribution >= 4 is 23.6 Å². The lowest BCUT2D eigenvalue weighted by atomic mass is 9.90. The van der Waals surface area contributed by atoms with E-state index in [1.54, 1.807) is 0 Å². The molecule has 1 fully saturated rings. The minimum Gasteiger partial charge on any atom is -0.481 e. The van der Waals surface area contributed by atoms with Crippen LogP contribution in [0.1, 0.15) is 50.0 Å². The maximum Gasteiger partial charge on any atom is 0.303 e. The maximum absolute atomic E-state index is 13.1. The highest BCUT2D eigenvalue weighted by atomic mass is 32.2. The number of thioether (sulfide) groups is 1. The molecule has 0 spiro atoms. The Morgan fingerprint density at radius 3 is 2.87 bits per heavy atom. The Morgan fingerprint density at radius 2 is 2.04 bits per heavy atom. The Morgan fingerprint density at radius 1 is 1.22 bits per heavy atom. The lowest BCUT2D eigenvalue weighted by Crippen LogP contribution is -2.46. The number of amides is 1. The summed E-state index contributed by atoms with van der Waals surface area (Å²) in [7, 11) is 0. The third-order valence-electron chi connectivity index (χ3n) is 4.86. The van der Waals surface area contributed by atoms with Crippen LogP contribution in [-0.4, -0.2) is 40.2 Å². The molecular formula is C18H23NO3S. The van der Waals surface area contributed by atoms with Gasteiger partial charge in [-0.3, -0.25) is 9.59 Å². The summed E-state index contributed by atoms with van der Waals surface area (Å²) in [5.74, 6) is 0.342. The zero-order valence-corrected chi connectivity index (χ0v) is 14.1. The number of hydrogen-bond donors (Lipinski definition) is 1. The molecule has 1 amide bonds. The first-order chi connectivity index (χ1) is 11.2. The molecule has 1 saturated heterocycles. The van der Waals surface area contributed by atoms with Crippen molar-refractivity contribution in [3.8, 4) is 0 Å². The first-order valence-electron chi connectivity index (χ1n) is 8.41. The minimum atomic E-state index is -0.776. The number of likely N-dealkylation sites (tertiary alicyclic amines) is 1. The number of piperidine rings is 1. The van der Waals surface area contributed by atoms with E-state index in [0.717, 1.165) is 43.5 Å². The van der Waals surface area contributed by atoms with E-state index >= 15 is 0 Å².